The van der Waals surface area contributed by atoms with E-state index < -0.39 is 0 Å². The van der Waals surface area contributed by atoms with Gasteiger partial charge in [-0.1, -0.05) is 18.2 Å². The minimum absolute atomic E-state index is 0.252. The smallest absolute Gasteiger partial charge is 0.273 e. The molecule has 1 amide bonds. The number of benzene rings is 1. The fourth-order valence-corrected chi connectivity index (χ4v) is 2.55. The standard InChI is InChI=1S/C17H14N6O/c1-11-18-6-7-23(11)16-9-15(19-10-20-16)22-17(24)14-8-12-4-2-3-5-13(12)21-14/h2-10,21H,1H3,(H,19,20,22,24). The molecule has 118 valence electrons. The number of aromatic amines is 1. The summed E-state index contributed by atoms with van der Waals surface area (Å²) in [5.41, 5.74) is 1.40. The molecule has 0 aliphatic rings. The number of H-pyrrole nitrogens is 1. The van der Waals surface area contributed by atoms with Gasteiger partial charge in [0.1, 0.15) is 29.5 Å². The Morgan fingerprint density at radius 2 is 2.04 bits per heavy atom. The number of carbonyl (C=O) groups is 1. The predicted octanol–water partition coefficient (Wildman–Crippen LogP) is 2.70. The molecule has 24 heavy (non-hydrogen) atoms. The molecule has 0 fully saturated rings. The van der Waals surface area contributed by atoms with Crippen LogP contribution in [0.15, 0.2) is 55.1 Å². The highest BCUT2D eigenvalue weighted by Crippen LogP contribution is 2.16. The van der Waals surface area contributed by atoms with Crippen molar-refractivity contribution < 1.29 is 4.79 Å². The van der Waals surface area contributed by atoms with Crippen molar-refractivity contribution in [2.75, 3.05) is 5.32 Å². The number of anilines is 1. The highest BCUT2D eigenvalue weighted by Gasteiger charge is 2.11. The number of nitrogens with zero attached hydrogens (tertiary/aromatic N) is 4. The lowest BCUT2D eigenvalue weighted by molar-refractivity contribution is 0.102. The highest BCUT2D eigenvalue weighted by molar-refractivity contribution is 6.05. The molecule has 0 bridgehead atoms. The first-order valence-electron chi connectivity index (χ1n) is 7.42. The Bertz CT molecular complexity index is 999. The molecule has 7 nitrogen and oxygen atoms in total. The first kappa shape index (κ1) is 14.1. The average molecular weight is 318 g/mol. The molecule has 4 aromatic rings. The molecule has 7 heteroatoms. The number of hydrogen-bond acceptors (Lipinski definition) is 4. The van der Waals surface area contributed by atoms with E-state index in [1.54, 1.807) is 18.5 Å². The summed E-state index contributed by atoms with van der Waals surface area (Å²) in [6.45, 7) is 1.88. The molecule has 2 N–H and O–H groups in total. The zero-order valence-corrected chi connectivity index (χ0v) is 12.9. The third-order valence-electron chi connectivity index (χ3n) is 3.74. The Labute approximate surface area is 137 Å². The van der Waals surface area contributed by atoms with Crippen molar-refractivity contribution in [1.29, 1.82) is 0 Å². The maximum absolute atomic E-state index is 12.4. The summed E-state index contributed by atoms with van der Waals surface area (Å²) in [6.07, 6.45) is 4.91. The Hall–Kier alpha value is -3.48. The minimum atomic E-state index is -0.252. The lowest BCUT2D eigenvalue weighted by atomic mass is 10.2. The van der Waals surface area contributed by atoms with E-state index in [1.807, 2.05) is 41.8 Å². The van der Waals surface area contributed by atoms with E-state index in [1.165, 1.54) is 6.33 Å². The van der Waals surface area contributed by atoms with Crippen LogP contribution in [-0.2, 0) is 0 Å². The molecular weight excluding hydrogens is 304 g/mol. The Balaban J connectivity index is 1.61. The molecule has 0 aliphatic heterocycles. The minimum Gasteiger partial charge on any atom is -0.351 e. The van der Waals surface area contributed by atoms with Gasteiger partial charge < -0.3 is 10.3 Å². The summed E-state index contributed by atoms with van der Waals surface area (Å²) in [6, 6.07) is 11.2. The zero-order chi connectivity index (χ0) is 16.5. The quantitative estimate of drug-likeness (QED) is 0.608. The fourth-order valence-electron chi connectivity index (χ4n) is 2.55. The number of amides is 1. The van der Waals surface area contributed by atoms with E-state index in [0.717, 1.165) is 16.7 Å². The largest absolute Gasteiger partial charge is 0.351 e. The second kappa shape index (κ2) is 5.62. The fraction of sp³-hybridized carbons (Fsp3) is 0.0588. The molecule has 4 rings (SSSR count). The van der Waals surface area contributed by atoms with Crippen LogP contribution in [0, 0.1) is 6.92 Å². The van der Waals surface area contributed by atoms with Crippen LogP contribution in [0.1, 0.15) is 16.3 Å². The van der Waals surface area contributed by atoms with Gasteiger partial charge in [-0.05, 0) is 19.1 Å². The molecule has 0 saturated heterocycles. The molecule has 3 heterocycles. The van der Waals surface area contributed by atoms with Gasteiger partial charge in [-0.25, -0.2) is 15.0 Å². The van der Waals surface area contributed by atoms with Crippen LogP contribution in [-0.4, -0.2) is 30.4 Å². The van der Waals surface area contributed by atoms with Gasteiger partial charge in [-0.15, -0.1) is 0 Å². The molecule has 0 atom stereocenters. The van der Waals surface area contributed by atoms with Crippen LogP contribution in [0.5, 0.6) is 0 Å². The van der Waals surface area contributed by atoms with E-state index in [9.17, 15) is 4.79 Å². The van der Waals surface area contributed by atoms with Gasteiger partial charge in [0.2, 0.25) is 0 Å². The Kier molecular flexibility index (Phi) is 3.31. The Morgan fingerprint density at radius 3 is 2.83 bits per heavy atom. The number of aryl methyl sites for hydroxylation is 1. The van der Waals surface area contributed by atoms with Crippen molar-refractivity contribution in [3.05, 3.63) is 66.6 Å². The van der Waals surface area contributed by atoms with Crippen LogP contribution in [0.25, 0.3) is 16.7 Å². The summed E-state index contributed by atoms with van der Waals surface area (Å²) < 4.78 is 1.82. The maximum atomic E-state index is 12.4. The number of nitrogens with one attached hydrogen (secondary N) is 2. The van der Waals surface area contributed by atoms with Gasteiger partial charge >= 0.3 is 0 Å². The second-order valence-corrected chi connectivity index (χ2v) is 5.33. The van der Waals surface area contributed by atoms with Crippen LogP contribution in [0.2, 0.25) is 0 Å². The number of para-hydroxylation sites is 1. The average Bonchev–Trinajstić information content (AvgIpc) is 3.21. The zero-order valence-electron chi connectivity index (χ0n) is 12.9. The van der Waals surface area contributed by atoms with Gasteiger partial charge in [0.15, 0.2) is 0 Å². The molecule has 1 aromatic carbocycles. The number of imidazole rings is 1. The van der Waals surface area contributed by atoms with Gasteiger partial charge in [0.25, 0.3) is 5.91 Å². The van der Waals surface area contributed by atoms with Gasteiger partial charge in [-0.2, -0.15) is 0 Å². The third-order valence-corrected chi connectivity index (χ3v) is 3.74. The molecule has 0 aliphatic carbocycles. The maximum Gasteiger partial charge on any atom is 0.273 e. The summed E-state index contributed by atoms with van der Waals surface area (Å²) in [5, 5.41) is 3.77. The van der Waals surface area contributed by atoms with Gasteiger partial charge in [0.05, 0.1) is 0 Å². The summed E-state index contributed by atoms with van der Waals surface area (Å²) >= 11 is 0. The van der Waals surface area contributed by atoms with Crippen LogP contribution >= 0.6 is 0 Å². The van der Waals surface area contributed by atoms with Gasteiger partial charge in [-0.3, -0.25) is 9.36 Å². The molecule has 0 radical (unpaired) electrons. The van der Waals surface area contributed by atoms with Crippen molar-refractivity contribution in [3.63, 3.8) is 0 Å². The molecular formula is C17H14N6O. The van der Waals surface area contributed by atoms with Crippen molar-refractivity contribution in [1.82, 2.24) is 24.5 Å². The predicted molar refractivity (Wildman–Crippen MR) is 90.1 cm³/mol. The van der Waals surface area contributed by atoms with E-state index in [0.29, 0.717) is 17.3 Å². The van der Waals surface area contributed by atoms with Crippen LogP contribution in [0.4, 0.5) is 5.82 Å². The number of rotatable bonds is 3. The van der Waals surface area contributed by atoms with E-state index in [2.05, 4.69) is 25.3 Å². The summed E-state index contributed by atoms with van der Waals surface area (Å²) in [4.78, 5) is 28.0. The van der Waals surface area contributed by atoms with Crippen molar-refractivity contribution in [2.45, 2.75) is 6.92 Å². The number of fused-ring (bicyclic) bond motifs is 1. The topological polar surface area (TPSA) is 88.5 Å². The SMILES string of the molecule is Cc1nccn1-c1cc(NC(=O)c2cc3ccccc3[nH]2)ncn1. The second-order valence-electron chi connectivity index (χ2n) is 5.33. The highest BCUT2D eigenvalue weighted by atomic mass is 16.1. The summed E-state index contributed by atoms with van der Waals surface area (Å²) in [7, 11) is 0. The molecule has 0 saturated carbocycles. The lowest BCUT2D eigenvalue weighted by Crippen LogP contribution is -2.14. The van der Waals surface area contributed by atoms with E-state index >= 15 is 0 Å². The normalized spacial score (nSPS) is 10.9. The van der Waals surface area contributed by atoms with Crippen molar-refractivity contribution >= 4 is 22.6 Å². The molecule has 3 aromatic heterocycles. The van der Waals surface area contributed by atoms with Crippen molar-refractivity contribution in [3.8, 4) is 5.82 Å². The molecule has 0 spiro atoms. The monoisotopic (exact) mass is 318 g/mol. The van der Waals surface area contributed by atoms with Gasteiger partial charge in [0, 0.05) is 29.4 Å². The number of hydrogen-bond donors (Lipinski definition) is 2. The molecule has 0 unspecified atom stereocenters. The Morgan fingerprint density at radius 1 is 1.17 bits per heavy atom. The van der Waals surface area contributed by atoms with E-state index in [-0.39, 0.29) is 5.91 Å². The van der Waals surface area contributed by atoms with Crippen molar-refractivity contribution in [2.24, 2.45) is 0 Å². The number of aromatic nitrogens is 5. The third kappa shape index (κ3) is 2.52. The van der Waals surface area contributed by atoms with E-state index in [4.69, 9.17) is 0 Å². The number of carbonyl (C=O) groups excluding carboxylic acids is 1. The first-order valence-corrected chi connectivity index (χ1v) is 7.42. The summed E-state index contributed by atoms with van der Waals surface area (Å²) in [5.74, 6) is 1.63. The van der Waals surface area contributed by atoms with Crippen LogP contribution in [0.3, 0.4) is 0 Å². The lowest BCUT2D eigenvalue weighted by Gasteiger charge is -2.06. The first-order chi connectivity index (χ1) is 11.7. The van der Waals surface area contributed by atoms with Crippen LogP contribution < -0.4 is 5.32 Å².